The fraction of sp³-hybridized carbons (Fsp3) is 0.419. The van der Waals surface area contributed by atoms with Crippen LogP contribution < -0.4 is 4.74 Å². The average Bonchev–Trinajstić information content (AvgIpc) is 2.89. The van der Waals surface area contributed by atoms with Crippen LogP contribution in [0.3, 0.4) is 0 Å². The molecule has 0 saturated heterocycles. The normalized spacial score (nSPS) is 11.8. The maximum absolute atomic E-state index is 5.87. The van der Waals surface area contributed by atoms with Crippen molar-refractivity contribution in [2.45, 2.75) is 71.6 Å². The van der Waals surface area contributed by atoms with Crippen LogP contribution >= 0.6 is 0 Å². The molecule has 180 valence electrons. The molecule has 0 aliphatic rings. The van der Waals surface area contributed by atoms with Crippen LogP contribution in [0.4, 0.5) is 0 Å². The summed E-state index contributed by atoms with van der Waals surface area (Å²) < 4.78 is 5.87. The zero-order valence-electron chi connectivity index (χ0n) is 21.0. The van der Waals surface area contributed by atoms with E-state index in [0.29, 0.717) is 0 Å². The van der Waals surface area contributed by atoms with E-state index >= 15 is 0 Å². The first-order valence-corrected chi connectivity index (χ1v) is 12.9. The fourth-order valence-electron chi connectivity index (χ4n) is 3.98. The van der Waals surface area contributed by atoms with E-state index in [9.17, 15) is 0 Å². The van der Waals surface area contributed by atoms with E-state index in [-0.39, 0.29) is 0 Å². The van der Waals surface area contributed by atoms with Crippen molar-refractivity contribution in [1.29, 1.82) is 0 Å². The van der Waals surface area contributed by atoms with Gasteiger partial charge in [-0.05, 0) is 73.4 Å². The van der Waals surface area contributed by atoms with Gasteiger partial charge in [0.15, 0.2) is 5.82 Å². The highest BCUT2D eigenvalue weighted by atomic mass is 16.5. The Bertz CT molecular complexity index is 962. The molecule has 1 unspecified atom stereocenters. The minimum absolute atomic E-state index is 0.735. The molecule has 34 heavy (non-hydrogen) atoms. The van der Waals surface area contributed by atoms with Gasteiger partial charge in [-0.25, -0.2) is 9.97 Å². The van der Waals surface area contributed by atoms with E-state index < -0.39 is 0 Å². The van der Waals surface area contributed by atoms with Crippen molar-refractivity contribution in [1.82, 2.24) is 9.97 Å². The van der Waals surface area contributed by atoms with Crippen LogP contribution in [0, 0.1) is 5.92 Å². The van der Waals surface area contributed by atoms with E-state index in [0.717, 1.165) is 60.1 Å². The highest BCUT2D eigenvalue weighted by Gasteiger charge is 2.05. The summed E-state index contributed by atoms with van der Waals surface area (Å²) in [5.74, 6) is 2.45. The van der Waals surface area contributed by atoms with Crippen molar-refractivity contribution < 1.29 is 4.74 Å². The first-order valence-electron chi connectivity index (χ1n) is 12.9. The molecule has 0 bridgehead atoms. The Labute approximate surface area is 206 Å². The van der Waals surface area contributed by atoms with Crippen molar-refractivity contribution in [2.75, 3.05) is 6.61 Å². The molecule has 1 atom stereocenters. The van der Waals surface area contributed by atoms with E-state index in [1.165, 1.54) is 44.1 Å². The molecule has 3 heteroatoms. The van der Waals surface area contributed by atoms with Gasteiger partial charge in [0.25, 0.3) is 0 Å². The van der Waals surface area contributed by atoms with Crippen molar-refractivity contribution in [2.24, 2.45) is 5.92 Å². The lowest BCUT2D eigenvalue weighted by Gasteiger charge is -2.09. The third kappa shape index (κ3) is 8.44. The van der Waals surface area contributed by atoms with Gasteiger partial charge in [-0.2, -0.15) is 0 Å². The summed E-state index contributed by atoms with van der Waals surface area (Å²) in [6, 6.07) is 16.9. The minimum atomic E-state index is 0.735. The largest absolute Gasteiger partial charge is 0.494 e. The summed E-state index contributed by atoms with van der Waals surface area (Å²) in [6.07, 6.45) is 16.6. The van der Waals surface area contributed by atoms with Crippen molar-refractivity contribution in [3.05, 3.63) is 79.1 Å². The molecule has 0 spiro atoms. The number of hydrogen-bond donors (Lipinski definition) is 0. The topological polar surface area (TPSA) is 35.0 Å². The maximum Gasteiger partial charge on any atom is 0.159 e. The monoisotopic (exact) mass is 456 g/mol. The number of nitrogens with zero attached hydrogens (tertiary/aromatic N) is 2. The maximum atomic E-state index is 5.87. The molecule has 0 amide bonds. The number of ether oxygens (including phenoxy) is 1. The standard InChI is InChI=1S/C31H40N2O/c1-4-6-7-8-9-10-22-34-30-20-18-28(19-21-30)31-32-23-29(24-33-31)27-16-14-26(15-17-27)13-11-12-25(3)5-2/h4,14-21,23-25H,1,5-13,22H2,2-3H3. The second-order valence-electron chi connectivity index (χ2n) is 9.26. The van der Waals surface area contributed by atoms with Crippen LogP contribution in [0.5, 0.6) is 5.75 Å². The molecule has 0 saturated carbocycles. The molecule has 1 aromatic heterocycles. The molecule has 3 rings (SSSR count). The zero-order valence-corrected chi connectivity index (χ0v) is 21.0. The van der Waals surface area contributed by atoms with Crippen molar-refractivity contribution in [3.8, 4) is 28.3 Å². The van der Waals surface area contributed by atoms with Crippen LogP contribution in [0.1, 0.15) is 70.8 Å². The van der Waals surface area contributed by atoms with Gasteiger partial charge in [0.05, 0.1) is 6.61 Å². The number of hydrogen-bond acceptors (Lipinski definition) is 3. The van der Waals surface area contributed by atoms with E-state index in [2.05, 4.69) is 54.7 Å². The molecular weight excluding hydrogens is 416 g/mol. The van der Waals surface area contributed by atoms with Gasteiger partial charge in [-0.1, -0.05) is 69.9 Å². The summed E-state index contributed by atoms with van der Waals surface area (Å²) in [5, 5.41) is 0. The van der Waals surface area contributed by atoms with Crippen molar-refractivity contribution in [3.63, 3.8) is 0 Å². The lowest BCUT2D eigenvalue weighted by atomic mass is 9.98. The van der Waals surface area contributed by atoms with Gasteiger partial charge in [0.1, 0.15) is 5.75 Å². The second kappa shape index (κ2) is 14.3. The number of benzene rings is 2. The minimum Gasteiger partial charge on any atom is -0.494 e. The molecule has 0 fully saturated rings. The van der Waals surface area contributed by atoms with Gasteiger partial charge < -0.3 is 4.74 Å². The smallest absolute Gasteiger partial charge is 0.159 e. The molecule has 0 aliphatic heterocycles. The summed E-state index contributed by atoms with van der Waals surface area (Å²) in [6.45, 7) is 9.13. The van der Waals surface area contributed by atoms with E-state index in [1.54, 1.807) is 0 Å². The Hall–Kier alpha value is -2.94. The summed E-state index contributed by atoms with van der Waals surface area (Å²) in [7, 11) is 0. The highest BCUT2D eigenvalue weighted by Crippen LogP contribution is 2.23. The van der Waals surface area contributed by atoms with Gasteiger partial charge in [-0.15, -0.1) is 6.58 Å². The summed E-state index contributed by atoms with van der Waals surface area (Å²) in [4.78, 5) is 9.22. The van der Waals surface area contributed by atoms with Gasteiger partial charge in [0.2, 0.25) is 0 Å². The molecule has 0 N–H and O–H groups in total. The van der Waals surface area contributed by atoms with E-state index in [4.69, 9.17) is 4.74 Å². The fourth-order valence-corrected chi connectivity index (χ4v) is 3.98. The summed E-state index contributed by atoms with van der Waals surface area (Å²) in [5.41, 5.74) is 4.60. The molecular formula is C31H40N2O. The van der Waals surface area contributed by atoms with Crippen LogP contribution in [-0.2, 0) is 6.42 Å². The molecule has 2 aromatic carbocycles. The lowest BCUT2D eigenvalue weighted by molar-refractivity contribution is 0.305. The van der Waals surface area contributed by atoms with Gasteiger partial charge >= 0.3 is 0 Å². The van der Waals surface area contributed by atoms with Crippen LogP contribution in [0.25, 0.3) is 22.5 Å². The number of unbranched alkanes of at least 4 members (excludes halogenated alkanes) is 4. The number of aromatic nitrogens is 2. The Kier molecular flexibility index (Phi) is 10.8. The zero-order chi connectivity index (χ0) is 24.0. The predicted octanol–water partition coefficient (Wildman–Crippen LogP) is 8.69. The molecule has 3 nitrogen and oxygen atoms in total. The highest BCUT2D eigenvalue weighted by molar-refractivity contribution is 5.64. The predicted molar refractivity (Wildman–Crippen MR) is 144 cm³/mol. The van der Waals surface area contributed by atoms with E-state index in [1.807, 2.05) is 42.7 Å². The summed E-state index contributed by atoms with van der Waals surface area (Å²) >= 11 is 0. The first-order chi connectivity index (χ1) is 16.7. The number of rotatable bonds is 15. The van der Waals surface area contributed by atoms with Gasteiger partial charge in [0, 0.05) is 23.5 Å². The van der Waals surface area contributed by atoms with Gasteiger partial charge in [-0.3, -0.25) is 0 Å². The lowest BCUT2D eigenvalue weighted by Crippen LogP contribution is -1.97. The quantitative estimate of drug-likeness (QED) is 0.169. The third-order valence-electron chi connectivity index (χ3n) is 6.48. The first kappa shape index (κ1) is 25.7. The molecule has 0 aliphatic carbocycles. The number of allylic oxidation sites excluding steroid dienone is 1. The Balaban J connectivity index is 1.48. The molecule has 0 radical (unpaired) electrons. The Morgan fingerprint density at radius 2 is 1.50 bits per heavy atom. The SMILES string of the molecule is C=CCCCCCCOc1ccc(-c2ncc(-c3ccc(CCCC(C)CC)cc3)cn2)cc1. The third-order valence-corrected chi connectivity index (χ3v) is 6.48. The Morgan fingerprint density at radius 1 is 0.824 bits per heavy atom. The second-order valence-corrected chi connectivity index (χ2v) is 9.26. The van der Waals surface area contributed by atoms with Crippen LogP contribution in [-0.4, -0.2) is 16.6 Å². The molecule has 1 heterocycles. The number of aryl methyl sites for hydroxylation is 1. The van der Waals surface area contributed by atoms with Crippen molar-refractivity contribution >= 4 is 0 Å². The average molecular weight is 457 g/mol. The molecule has 3 aromatic rings. The Morgan fingerprint density at radius 3 is 2.18 bits per heavy atom. The van der Waals surface area contributed by atoms with Crippen LogP contribution in [0.15, 0.2) is 73.6 Å². The van der Waals surface area contributed by atoms with Crippen LogP contribution in [0.2, 0.25) is 0 Å².